The molecule has 5 nitrogen and oxygen atoms in total. The largest absolute Gasteiger partial charge is 0.423 e. The normalized spacial score (nSPS) is 16.2. The van der Waals surface area contributed by atoms with Crippen LogP contribution in [0.2, 0.25) is 0 Å². The van der Waals surface area contributed by atoms with Crippen molar-refractivity contribution in [2.45, 2.75) is 31.0 Å². The molecule has 0 amide bonds. The van der Waals surface area contributed by atoms with Crippen LogP contribution >= 0.6 is 0 Å². The average Bonchev–Trinajstić information content (AvgIpc) is 3.31. The minimum Gasteiger partial charge on any atom is -0.381 e. The SMILES string of the molecule is OC(CNc1ccc(N2CCCCC2)cc1)(c1ccc2c(cnn2-c2ccc(F)cc2)c1)C(F)(F)F. The molecule has 0 spiro atoms. The van der Waals surface area contributed by atoms with E-state index in [4.69, 9.17) is 0 Å². The Morgan fingerprint density at radius 1 is 0.861 bits per heavy atom. The predicted octanol–water partition coefficient (Wildman–Crippen LogP) is 6.02. The van der Waals surface area contributed by atoms with Crippen molar-refractivity contribution < 1.29 is 22.7 Å². The predicted molar refractivity (Wildman–Crippen MR) is 132 cm³/mol. The Hall–Kier alpha value is -3.59. The summed E-state index contributed by atoms with van der Waals surface area (Å²) in [6, 6.07) is 16.9. The molecular weight excluding hydrogens is 472 g/mol. The van der Waals surface area contributed by atoms with Crippen LogP contribution in [0.15, 0.2) is 72.9 Å². The molecule has 1 aliphatic heterocycles. The van der Waals surface area contributed by atoms with Crippen molar-refractivity contribution in [3.05, 3.63) is 84.3 Å². The quantitative estimate of drug-likeness (QED) is 0.320. The molecule has 1 aliphatic rings. The average molecular weight is 499 g/mol. The standard InChI is InChI=1S/C27H26F4N4O/c28-21-5-9-24(10-6-21)35-25-13-4-20(16-19(25)17-33-35)26(36,27(29,30)31)18-32-22-7-11-23(12-8-22)34-14-2-1-3-15-34/h4-13,16-17,32,36H,1-3,14-15,18H2. The molecule has 36 heavy (non-hydrogen) atoms. The third-order valence-corrected chi connectivity index (χ3v) is 6.72. The second-order valence-corrected chi connectivity index (χ2v) is 9.11. The summed E-state index contributed by atoms with van der Waals surface area (Å²) in [7, 11) is 0. The highest BCUT2D eigenvalue weighted by Crippen LogP contribution is 2.40. The van der Waals surface area contributed by atoms with Gasteiger partial charge in [-0.25, -0.2) is 9.07 Å². The van der Waals surface area contributed by atoms with Gasteiger partial charge in [0.25, 0.3) is 0 Å². The Labute approximate surface area is 206 Å². The van der Waals surface area contributed by atoms with E-state index >= 15 is 0 Å². The molecule has 1 saturated heterocycles. The molecule has 3 aromatic carbocycles. The van der Waals surface area contributed by atoms with Crippen molar-refractivity contribution in [3.63, 3.8) is 0 Å². The maximum atomic E-state index is 14.2. The van der Waals surface area contributed by atoms with Gasteiger partial charge in [0.2, 0.25) is 5.60 Å². The fourth-order valence-corrected chi connectivity index (χ4v) is 4.62. The van der Waals surface area contributed by atoms with E-state index in [1.807, 2.05) is 12.1 Å². The highest BCUT2D eigenvalue weighted by Gasteiger charge is 2.55. The fourth-order valence-electron chi connectivity index (χ4n) is 4.62. The van der Waals surface area contributed by atoms with Gasteiger partial charge in [-0.15, -0.1) is 0 Å². The molecule has 0 bridgehead atoms. The molecule has 5 rings (SSSR count). The number of aromatic nitrogens is 2. The number of aliphatic hydroxyl groups is 1. The lowest BCUT2D eigenvalue weighted by molar-refractivity contribution is -0.260. The molecule has 2 heterocycles. The van der Waals surface area contributed by atoms with Crippen LogP contribution in [0.25, 0.3) is 16.6 Å². The van der Waals surface area contributed by atoms with Crippen LogP contribution in [0.3, 0.4) is 0 Å². The van der Waals surface area contributed by atoms with E-state index < -0.39 is 24.1 Å². The molecular formula is C27H26F4N4O. The van der Waals surface area contributed by atoms with Gasteiger partial charge in [0, 0.05) is 29.9 Å². The van der Waals surface area contributed by atoms with Gasteiger partial charge < -0.3 is 15.3 Å². The number of piperidine rings is 1. The highest BCUT2D eigenvalue weighted by atomic mass is 19.4. The molecule has 0 aliphatic carbocycles. The van der Waals surface area contributed by atoms with Crippen LogP contribution in [0, 0.1) is 5.82 Å². The van der Waals surface area contributed by atoms with Crippen LogP contribution in [0.4, 0.5) is 28.9 Å². The van der Waals surface area contributed by atoms with E-state index in [2.05, 4.69) is 15.3 Å². The summed E-state index contributed by atoms with van der Waals surface area (Å²) >= 11 is 0. The van der Waals surface area contributed by atoms with Crippen molar-refractivity contribution in [3.8, 4) is 5.69 Å². The van der Waals surface area contributed by atoms with Crippen LogP contribution in [0.5, 0.6) is 0 Å². The summed E-state index contributed by atoms with van der Waals surface area (Å²) < 4.78 is 57.2. The zero-order chi connectivity index (χ0) is 25.3. The first-order chi connectivity index (χ1) is 17.2. The summed E-state index contributed by atoms with van der Waals surface area (Å²) in [5.41, 5.74) is -0.779. The fraction of sp³-hybridized carbons (Fsp3) is 0.296. The third kappa shape index (κ3) is 4.63. The number of hydrogen-bond acceptors (Lipinski definition) is 4. The number of halogens is 4. The van der Waals surface area contributed by atoms with Crippen molar-refractivity contribution >= 4 is 22.3 Å². The van der Waals surface area contributed by atoms with E-state index in [-0.39, 0.29) is 5.56 Å². The zero-order valence-electron chi connectivity index (χ0n) is 19.5. The van der Waals surface area contributed by atoms with Gasteiger partial charge in [0.05, 0.1) is 23.9 Å². The second-order valence-electron chi connectivity index (χ2n) is 9.11. The minimum atomic E-state index is -4.92. The van der Waals surface area contributed by atoms with Gasteiger partial charge >= 0.3 is 6.18 Å². The Balaban J connectivity index is 1.38. The second kappa shape index (κ2) is 9.46. The first-order valence-corrected chi connectivity index (χ1v) is 11.9. The molecule has 1 aromatic heterocycles. The number of rotatable bonds is 6. The molecule has 1 unspecified atom stereocenters. The van der Waals surface area contributed by atoms with Gasteiger partial charge in [-0.3, -0.25) is 0 Å². The van der Waals surface area contributed by atoms with Crippen molar-refractivity contribution in [2.24, 2.45) is 0 Å². The maximum Gasteiger partial charge on any atom is 0.423 e. The smallest absolute Gasteiger partial charge is 0.381 e. The first-order valence-electron chi connectivity index (χ1n) is 11.9. The number of fused-ring (bicyclic) bond motifs is 1. The van der Waals surface area contributed by atoms with E-state index in [9.17, 15) is 22.7 Å². The van der Waals surface area contributed by atoms with Gasteiger partial charge in [-0.05, 0) is 85.5 Å². The number of benzene rings is 3. The number of nitrogens with one attached hydrogen (secondary N) is 1. The van der Waals surface area contributed by atoms with Gasteiger partial charge in [-0.2, -0.15) is 18.3 Å². The van der Waals surface area contributed by atoms with Crippen molar-refractivity contribution in [1.82, 2.24) is 9.78 Å². The monoisotopic (exact) mass is 498 g/mol. The molecule has 4 aromatic rings. The number of nitrogens with zero attached hydrogens (tertiary/aromatic N) is 3. The number of hydrogen-bond donors (Lipinski definition) is 2. The maximum absolute atomic E-state index is 14.2. The summed E-state index contributed by atoms with van der Waals surface area (Å²) in [5.74, 6) is -0.402. The summed E-state index contributed by atoms with van der Waals surface area (Å²) in [5, 5.41) is 18.3. The van der Waals surface area contributed by atoms with E-state index in [1.165, 1.54) is 59.8 Å². The van der Waals surface area contributed by atoms with E-state index in [0.29, 0.717) is 22.3 Å². The van der Waals surface area contributed by atoms with E-state index in [1.54, 1.807) is 12.1 Å². The molecule has 0 saturated carbocycles. The molecule has 188 valence electrons. The van der Waals surface area contributed by atoms with Crippen molar-refractivity contribution in [2.75, 3.05) is 29.9 Å². The summed E-state index contributed by atoms with van der Waals surface area (Å²) in [4.78, 5) is 2.26. The molecule has 1 atom stereocenters. The van der Waals surface area contributed by atoms with Crippen LogP contribution in [-0.2, 0) is 5.60 Å². The van der Waals surface area contributed by atoms with E-state index in [0.717, 1.165) is 31.6 Å². The number of anilines is 2. The number of alkyl halides is 3. The Kier molecular flexibility index (Phi) is 6.34. The Bertz CT molecular complexity index is 1330. The van der Waals surface area contributed by atoms with Gasteiger partial charge in [-0.1, -0.05) is 6.07 Å². The lowest BCUT2D eigenvalue weighted by Crippen LogP contribution is -2.47. The Morgan fingerprint density at radius 2 is 1.53 bits per heavy atom. The first kappa shape index (κ1) is 24.1. The lowest BCUT2D eigenvalue weighted by Gasteiger charge is -2.32. The van der Waals surface area contributed by atoms with Crippen LogP contribution < -0.4 is 10.2 Å². The third-order valence-electron chi connectivity index (χ3n) is 6.72. The summed E-state index contributed by atoms with van der Waals surface area (Å²) in [6.45, 7) is 1.19. The molecule has 9 heteroatoms. The van der Waals surface area contributed by atoms with Crippen LogP contribution in [0.1, 0.15) is 24.8 Å². The Morgan fingerprint density at radius 3 is 2.19 bits per heavy atom. The molecule has 1 fully saturated rings. The topological polar surface area (TPSA) is 53.3 Å². The zero-order valence-corrected chi connectivity index (χ0v) is 19.5. The lowest BCUT2D eigenvalue weighted by atomic mass is 9.92. The molecule has 0 radical (unpaired) electrons. The molecule has 2 N–H and O–H groups in total. The van der Waals surface area contributed by atoms with Crippen LogP contribution in [-0.4, -0.2) is 40.7 Å². The summed E-state index contributed by atoms with van der Waals surface area (Å²) in [6.07, 6.45) is -0.0252. The van der Waals surface area contributed by atoms with Gasteiger partial charge in [0.15, 0.2) is 0 Å². The minimum absolute atomic E-state index is 0.293. The highest BCUT2D eigenvalue weighted by molar-refractivity contribution is 5.81. The van der Waals surface area contributed by atoms with Crippen molar-refractivity contribution in [1.29, 1.82) is 0 Å². The van der Waals surface area contributed by atoms with Gasteiger partial charge in [0.1, 0.15) is 5.82 Å².